The third kappa shape index (κ3) is 2.72. The highest BCUT2D eigenvalue weighted by atomic mass is 79.9. The highest BCUT2D eigenvalue weighted by molar-refractivity contribution is 9.10. The molecule has 0 saturated carbocycles. The first kappa shape index (κ1) is 14.6. The van der Waals surface area contributed by atoms with Gasteiger partial charge in [-0.05, 0) is 54.5 Å². The maximum Gasteiger partial charge on any atom is 0.125 e. The average Bonchev–Trinajstić information content (AvgIpc) is 2.92. The minimum absolute atomic E-state index is 0.214. The van der Waals surface area contributed by atoms with Crippen LogP contribution in [0.25, 0.3) is 0 Å². The molecule has 21 heavy (non-hydrogen) atoms. The van der Waals surface area contributed by atoms with Crippen LogP contribution in [0.1, 0.15) is 28.4 Å². The van der Waals surface area contributed by atoms with Crippen LogP contribution in [-0.4, -0.2) is 12.2 Å². The molecular formula is C18H19BrO2. The van der Waals surface area contributed by atoms with E-state index in [9.17, 15) is 5.11 Å². The summed E-state index contributed by atoms with van der Waals surface area (Å²) in [6.45, 7) is 2.02. The molecule has 0 radical (unpaired) electrons. The van der Waals surface area contributed by atoms with Crippen LogP contribution in [0.4, 0.5) is 0 Å². The SMILES string of the molecule is COc1cc(C)c(Br)cc1C(O)C1Cc2ccccc2C1. The van der Waals surface area contributed by atoms with E-state index in [0.717, 1.165) is 34.2 Å². The van der Waals surface area contributed by atoms with Gasteiger partial charge < -0.3 is 9.84 Å². The van der Waals surface area contributed by atoms with Gasteiger partial charge in [0, 0.05) is 10.0 Å². The number of hydrogen-bond donors (Lipinski definition) is 1. The smallest absolute Gasteiger partial charge is 0.125 e. The highest BCUT2D eigenvalue weighted by Crippen LogP contribution is 2.40. The van der Waals surface area contributed by atoms with E-state index in [2.05, 4.69) is 40.2 Å². The Hall–Kier alpha value is -1.32. The van der Waals surface area contributed by atoms with Crippen molar-refractivity contribution in [1.82, 2.24) is 0 Å². The van der Waals surface area contributed by atoms with Gasteiger partial charge in [-0.15, -0.1) is 0 Å². The van der Waals surface area contributed by atoms with Crippen molar-refractivity contribution in [3.05, 3.63) is 63.1 Å². The van der Waals surface area contributed by atoms with E-state index in [4.69, 9.17) is 4.74 Å². The molecule has 0 fully saturated rings. The second kappa shape index (κ2) is 5.82. The fourth-order valence-electron chi connectivity index (χ4n) is 3.15. The van der Waals surface area contributed by atoms with Crippen LogP contribution in [0.2, 0.25) is 0 Å². The second-order valence-electron chi connectivity index (χ2n) is 5.73. The first-order valence-electron chi connectivity index (χ1n) is 7.19. The zero-order chi connectivity index (χ0) is 15.0. The molecule has 0 aromatic heterocycles. The first-order valence-corrected chi connectivity index (χ1v) is 7.98. The number of methoxy groups -OCH3 is 1. The summed E-state index contributed by atoms with van der Waals surface area (Å²) in [5, 5.41) is 10.8. The van der Waals surface area contributed by atoms with Crippen LogP contribution in [0.3, 0.4) is 0 Å². The molecule has 1 atom stereocenters. The van der Waals surface area contributed by atoms with Gasteiger partial charge in [0.15, 0.2) is 0 Å². The van der Waals surface area contributed by atoms with Crippen LogP contribution in [-0.2, 0) is 12.8 Å². The van der Waals surface area contributed by atoms with Crippen LogP contribution in [0.15, 0.2) is 40.9 Å². The zero-order valence-corrected chi connectivity index (χ0v) is 13.9. The quantitative estimate of drug-likeness (QED) is 0.901. The van der Waals surface area contributed by atoms with Gasteiger partial charge in [0.1, 0.15) is 5.75 Å². The Bertz CT molecular complexity index is 641. The van der Waals surface area contributed by atoms with Crippen molar-refractivity contribution < 1.29 is 9.84 Å². The molecule has 3 rings (SSSR count). The van der Waals surface area contributed by atoms with E-state index in [1.807, 2.05) is 19.1 Å². The summed E-state index contributed by atoms with van der Waals surface area (Å²) in [5.74, 6) is 0.977. The number of aliphatic hydroxyl groups is 1. The number of fused-ring (bicyclic) bond motifs is 1. The number of halogens is 1. The Morgan fingerprint density at radius 3 is 2.38 bits per heavy atom. The fraction of sp³-hybridized carbons (Fsp3) is 0.333. The molecule has 0 aliphatic heterocycles. The van der Waals surface area contributed by atoms with E-state index in [0.29, 0.717) is 0 Å². The van der Waals surface area contributed by atoms with Crippen molar-refractivity contribution in [2.24, 2.45) is 5.92 Å². The van der Waals surface area contributed by atoms with Crippen molar-refractivity contribution in [2.75, 3.05) is 7.11 Å². The molecule has 0 bridgehead atoms. The summed E-state index contributed by atoms with van der Waals surface area (Å²) in [5.41, 5.74) is 4.68. The predicted molar refractivity (Wildman–Crippen MR) is 87.7 cm³/mol. The molecule has 3 heteroatoms. The van der Waals surface area contributed by atoms with E-state index in [1.165, 1.54) is 11.1 Å². The van der Waals surface area contributed by atoms with Crippen LogP contribution in [0.5, 0.6) is 5.75 Å². The molecule has 2 aromatic rings. The van der Waals surface area contributed by atoms with E-state index < -0.39 is 6.10 Å². The Kier molecular flexibility index (Phi) is 4.05. The third-order valence-corrected chi connectivity index (χ3v) is 5.21. The summed E-state index contributed by atoms with van der Waals surface area (Å²) < 4.78 is 6.47. The average molecular weight is 347 g/mol. The molecule has 1 aliphatic rings. The maximum absolute atomic E-state index is 10.8. The molecule has 0 heterocycles. The molecule has 0 spiro atoms. The molecule has 110 valence electrons. The second-order valence-corrected chi connectivity index (χ2v) is 6.58. The minimum atomic E-state index is -0.510. The van der Waals surface area contributed by atoms with Crippen LogP contribution >= 0.6 is 15.9 Å². The number of ether oxygens (including phenoxy) is 1. The summed E-state index contributed by atoms with van der Waals surface area (Å²) >= 11 is 3.55. The molecule has 2 aromatic carbocycles. The van der Waals surface area contributed by atoms with Crippen LogP contribution in [0, 0.1) is 12.8 Å². The lowest BCUT2D eigenvalue weighted by molar-refractivity contribution is 0.110. The largest absolute Gasteiger partial charge is 0.496 e. The Balaban J connectivity index is 1.90. The van der Waals surface area contributed by atoms with Gasteiger partial charge in [-0.25, -0.2) is 0 Å². The molecule has 2 nitrogen and oxygen atoms in total. The minimum Gasteiger partial charge on any atom is -0.496 e. The fourth-order valence-corrected chi connectivity index (χ4v) is 3.51. The lowest BCUT2D eigenvalue weighted by Gasteiger charge is -2.21. The van der Waals surface area contributed by atoms with Crippen molar-refractivity contribution >= 4 is 15.9 Å². The normalized spacial score (nSPS) is 15.8. The van der Waals surface area contributed by atoms with Gasteiger partial charge in [0.2, 0.25) is 0 Å². The molecular weight excluding hydrogens is 328 g/mol. The monoisotopic (exact) mass is 346 g/mol. The van der Waals surface area contributed by atoms with E-state index in [-0.39, 0.29) is 5.92 Å². The van der Waals surface area contributed by atoms with Gasteiger partial charge >= 0.3 is 0 Å². The number of aryl methyl sites for hydroxylation is 1. The zero-order valence-electron chi connectivity index (χ0n) is 12.3. The Morgan fingerprint density at radius 2 is 1.81 bits per heavy atom. The van der Waals surface area contributed by atoms with E-state index >= 15 is 0 Å². The lowest BCUT2D eigenvalue weighted by atomic mass is 9.92. The molecule has 0 amide bonds. The third-order valence-electron chi connectivity index (χ3n) is 4.36. The maximum atomic E-state index is 10.8. The van der Waals surface area contributed by atoms with Crippen molar-refractivity contribution in [2.45, 2.75) is 25.9 Å². The van der Waals surface area contributed by atoms with Crippen molar-refractivity contribution in [3.63, 3.8) is 0 Å². The topological polar surface area (TPSA) is 29.5 Å². The van der Waals surface area contributed by atoms with Gasteiger partial charge in [-0.2, -0.15) is 0 Å². The van der Waals surface area contributed by atoms with E-state index in [1.54, 1.807) is 7.11 Å². The molecule has 1 N–H and O–H groups in total. The van der Waals surface area contributed by atoms with Crippen molar-refractivity contribution in [1.29, 1.82) is 0 Å². The summed E-state index contributed by atoms with van der Waals surface area (Å²) in [4.78, 5) is 0. The molecule has 1 unspecified atom stereocenters. The number of aliphatic hydroxyl groups excluding tert-OH is 1. The number of rotatable bonds is 3. The summed E-state index contributed by atoms with van der Waals surface area (Å²) in [6.07, 6.45) is 1.34. The Labute approximate surface area is 133 Å². The number of hydrogen-bond acceptors (Lipinski definition) is 2. The first-order chi connectivity index (χ1) is 10.1. The molecule has 1 aliphatic carbocycles. The summed E-state index contributed by atoms with van der Waals surface area (Å²) in [7, 11) is 1.66. The van der Waals surface area contributed by atoms with Crippen LogP contribution < -0.4 is 4.74 Å². The summed E-state index contributed by atoms with van der Waals surface area (Å²) in [6, 6.07) is 12.4. The van der Waals surface area contributed by atoms with Gasteiger partial charge in [0.25, 0.3) is 0 Å². The van der Waals surface area contributed by atoms with Gasteiger partial charge in [0.05, 0.1) is 13.2 Å². The van der Waals surface area contributed by atoms with Gasteiger partial charge in [-0.1, -0.05) is 40.2 Å². The molecule has 0 saturated heterocycles. The number of benzene rings is 2. The Morgan fingerprint density at radius 1 is 1.19 bits per heavy atom. The van der Waals surface area contributed by atoms with Crippen molar-refractivity contribution in [3.8, 4) is 5.75 Å². The standard InChI is InChI=1S/C18H19BrO2/c1-11-7-17(21-2)15(10-16(11)19)18(20)14-8-12-5-3-4-6-13(12)9-14/h3-7,10,14,18,20H,8-9H2,1-2H3. The lowest BCUT2D eigenvalue weighted by Crippen LogP contribution is -2.14. The highest BCUT2D eigenvalue weighted by Gasteiger charge is 2.30. The van der Waals surface area contributed by atoms with Gasteiger partial charge in [-0.3, -0.25) is 0 Å². The predicted octanol–water partition coefficient (Wildman–Crippen LogP) is 4.21.